The van der Waals surface area contributed by atoms with E-state index in [2.05, 4.69) is 30.9 Å². The molecule has 1 rings (SSSR count). The maximum absolute atomic E-state index is 5.46. The van der Waals surface area contributed by atoms with Crippen molar-refractivity contribution in [3.05, 3.63) is 0 Å². The van der Waals surface area contributed by atoms with Crippen LogP contribution in [0.4, 0.5) is 0 Å². The molecule has 0 spiro atoms. The van der Waals surface area contributed by atoms with Crippen LogP contribution in [0.15, 0.2) is 0 Å². The predicted octanol–water partition coefficient (Wildman–Crippen LogP) is 1.90. The summed E-state index contributed by atoms with van der Waals surface area (Å²) in [6.07, 6.45) is 2.86. The van der Waals surface area contributed by atoms with Crippen LogP contribution in [0.2, 0.25) is 0 Å². The molecule has 1 heterocycles. The lowest BCUT2D eigenvalue weighted by atomic mass is 10.2. The molecule has 1 N–H and O–H groups in total. The van der Waals surface area contributed by atoms with Crippen LogP contribution in [-0.4, -0.2) is 36.8 Å². The normalized spacial score (nSPS) is 22.8. The smallest absolute Gasteiger partial charge is 0.0518 e. The third-order valence-corrected chi connectivity index (χ3v) is 3.30. The van der Waals surface area contributed by atoms with Gasteiger partial charge in [0.05, 0.1) is 6.10 Å². The predicted molar refractivity (Wildman–Crippen MR) is 59.4 cm³/mol. The third-order valence-electron chi connectivity index (χ3n) is 2.13. The van der Waals surface area contributed by atoms with Gasteiger partial charge >= 0.3 is 0 Å². The van der Waals surface area contributed by atoms with Gasteiger partial charge in [-0.1, -0.05) is 0 Å². The van der Waals surface area contributed by atoms with Crippen LogP contribution in [0.1, 0.15) is 26.7 Å². The molecule has 0 aromatic heterocycles. The Balaban J connectivity index is 1.83. The molecule has 0 aliphatic carbocycles. The van der Waals surface area contributed by atoms with E-state index < -0.39 is 0 Å². The van der Waals surface area contributed by atoms with Crippen LogP contribution < -0.4 is 5.32 Å². The molecule has 1 aliphatic heterocycles. The van der Waals surface area contributed by atoms with E-state index in [1.807, 2.05) is 0 Å². The van der Waals surface area contributed by atoms with Crippen LogP contribution in [0.3, 0.4) is 0 Å². The molecule has 1 saturated heterocycles. The molecule has 1 atom stereocenters. The Morgan fingerprint density at radius 1 is 1.54 bits per heavy atom. The highest BCUT2D eigenvalue weighted by atomic mass is 32.2. The molecule has 13 heavy (non-hydrogen) atoms. The molecule has 3 heteroatoms. The maximum Gasteiger partial charge on any atom is 0.0518 e. The Labute approximate surface area is 85.8 Å². The molecule has 1 aliphatic rings. The first kappa shape index (κ1) is 11.3. The average Bonchev–Trinajstić information content (AvgIpc) is 2.55. The number of hydrogen-bond donors (Lipinski definition) is 1. The van der Waals surface area contributed by atoms with E-state index in [1.165, 1.54) is 17.9 Å². The van der Waals surface area contributed by atoms with Crippen molar-refractivity contribution in [2.24, 2.45) is 0 Å². The molecule has 1 fully saturated rings. The number of ether oxygens (including phenoxy) is 1. The fourth-order valence-electron chi connectivity index (χ4n) is 1.39. The fourth-order valence-corrected chi connectivity index (χ4v) is 2.58. The van der Waals surface area contributed by atoms with Crippen molar-refractivity contribution in [2.75, 3.05) is 24.7 Å². The standard InChI is InChI=1S/C10H21NOS/c1-9(2)12-6-3-5-11-10-4-7-13-8-10/h9-11H,3-8H2,1-2H3. The van der Waals surface area contributed by atoms with Gasteiger partial charge in [-0.05, 0) is 39.0 Å². The van der Waals surface area contributed by atoms with Crippen molar-refractivity contribution in [2.45, 2.75) is 38.8 Å². The Hall–Kier alpha value is 0.270. The molecule has 0 bridgehead atoms. The SMILES string of the molecule is CC(C)OCCCNC1CCSC1. The monoisotopic (exact) mass is 203 g/mol. The molecule has 0 aromatic carbocycles. The van der Waals surface area contributed by atoms with E-state index in [0.717, 1.165) is 25.6 Å². The molecular formula is C10H21NOS. The lowest BCUT2D eigenvalue weighted by Gasteiger charge is -2.11. The first-order valence-electron chi connectivity index (χ1n) is 5.22. The molecule has 0 amide bonds. The Morgan fingerprint density at radius 3 is 3.00 bits per heavy atom. The van der Waals surface area contributed by atoms with Gasteiger partial charge in [0.2, 0.25) is 0 Å². The first-order chi connectivity index (χ1) is 6.29. The van der Waals surface area contributed by atoms with E-state index in [9.17, 15) is 0 Å². The van der Waals surface area contributed by atoms with Gasteiger partial charge in [-0.25, -0.2) is 0 Å². The third kappa shape index (κ3) is 5.55. The Morgan fingerprint density at radius 2 is 2.38 bits per heavy atom. The zero-order valence-corrected chi connectivity index (χ0v) is 9.53. The van der Waals surface area contributed by atoms with E-state index in [0.29, 0.717) is 6.10 Å². The van der Waals surface area contributed by atoms with Crippen molar-refractivity contribution >= 4 is 11.8 Å². The largest absolute Gasteiger partial charge is 0.379 e. The van der Waals surface area contributed by atoms with Gasteiger partial charge in [-0.2, -0.15) is 11.8 Å². The van der Waals surface area contributed by atoms with E-state index in [1.54, 1.807) is 0 Å². The highest BCUT2D eigenvalue weighted by Gasteiger charge is 2.13. The highest BCUT2D eigenvalue weighted by Crippen LogP contribution is 2.16. The lowest BCUT2D eigenvalue weighted by molar-refractivity contribution is 0.0768. The van der Waals surface area contributed by atoms with Gasteiger partial charge in [-0.3, -0.25) is 0 Å². The average molecular weight is 203 g/mol. The fraction of sp³-hybridized carbons (Fsp3) is 1.00. The summed E-state index contributed by atoms with van der Waals surface area (Å²) in [5.41, 5.74) is 0. The Kier molecular flexibility index (Phi) is 5.83. The van der Waals surface area contributed by atoms with Gasteiger partial charge in [0.15, 0.2) is 0 Å². The van der Waals surface area contributed by atoms with E-state index >= 15 is 0 Å². The van der Waals surface area contributed by atoms with Crippen LogP contribution >= 0.6 is 11.8 Å². The topological polar surface area (TPSA) is 21.3 Å². The van der Waals surface area contributed by atoms with Crippen molar-refractivity contribution < 1.29 is 4.74 Å². The summed E-state index contributed by atoms with van der Waals surface area (Å²) >= 11 is 2.06. The van der Waals surface area contributed by atoms with E-state index in [4.69, 9.17) is 4.74 Å². The molecule has 78 valence electrons. The van der Waals surface area contributed by atoms with E-state index in [-0.39, 0.29) is 0 Å². The molecule has 0 radical (unpaired) electrons. The van der Waals surface area contributed by atoms with Crippen molar-refractivity contribution in [1.29, 1.82) is 0 Å². The summed E-state index contributed by atoms with van der Waals surface area (Å²) in [5.74, 6) is 2.63. The minimum absolute atomic E-state index is 0.377. The summed E-state index contributed by atoms with van der Waals surface area (Å²) in [6, 6.07) is 0.768. The van der Waals surface area contributed by atoms with Crippen molar-refractivity contribution in [3.63, 3.8) is 0 Å². The quantitative estimate of drug-likeness (QED) is 0.666. The number of thioether (sulfide) groups is 1. The molecule has 1 unspecified atom stereocenters. The Bertz CT molecular complexity index is 124. The second-order valence-electron chi connectivity index (χ2n) is 3.79. The van der Waals surface area contributed by atoms with Crippen LogP contribution in [0, 0.1) is 0 Å². The van der Waals surface area contributed by atoms with Gasteiger partial charge < -0.3 is 10.1 Å². The second-order valence-corrected chi connectivity index (χ2v) is 4.94. The van der Waals surface area contributed by atoms with Gasteiger partial charge in [0, 0.05) is 18.4 Å². The summed E-state index contributed by atoms with van der Waals surface area (Å²) in [7, 11) is 0. The zero-order valence-electron chi connectivity index (χ0n) is 8.71. The maximum atomic E-state index is 5.46. The summed E-state index contributed by atoms with van der Waals surface area (Å²) in [6.45, 7) is 6.17. The molecular weight excluding hydrogens is 182 g/mol. The van der Waals surface area contributed by atoms with Crippen molar-refractivity contribution in [3.8, 4) is 0 Å². The lowest BCUT2D eigenvalue weighted by Crippen LogP contribution is -2.30. The van der Waals surface area contributed by atoms with Gasteiger partial charge in [0.25, 0.3) is 0 Å². The highest BCUT2D eigenvalue weighted by molar-refractivity contribution is 7.99. The second kappa shape index (κ2) is 6.68. The zero-order chi connectivity index (χ0) is 9.52. The van der Waals surface area contributed by atoms with Crippen LogP contribution in [-0.2, 0) is 4.74 Å². The van der Waals surface area contributed by atoms with Crippen LogP contribution in [0.25, 0.3) is 0 Å². The van der Waals surface area contributed by atoms with Gasteiger partial charge in [-0.15, -0.1) is 0 Å². The summed E-state index contributed by atoms with van der Waals surface area (Å²) in [4.78, 5) is 0. The first-order valence-corrected chi connectivity index (χ1v) is 6.37. The minimum Gasteiger partial charge on any atom is -0.379 e. The molecule has 0 saturated carbocycles. The summed E-state index contributed by atoms with van der Waals surface area (Å²) in [5, 5.41) is 3.55. The number of rotatable bonds is 6. The number of nitrogens with one attached hydrogen (secondary N) is 1. The van der Waals surface area contributed by atoms with Crippen LogP contribution in [0.5, 0.6) is 0 Å². The number of hydrogen-bond acceptors (Lipinski definition) is 3. The summed E-state index contributed by atoms with van der Waals surface area (Å²) < 4.78 is 5.46. The molecule has 2 nitrogen and oxygen atoms in total. The van der Waals surface area contributed by atoms with Gasteiger partial charge in [0.1, 0.15) is 0 Å². The molecule has 0 aromatic rings. The van der Waals surface area contributed by atoms with Crippen molar-refractivity contribution in [1.82, 2.24) is 5.32 Å². The minimum atomic E-state index is 0.377.